The highest BCUT2D eigenvalue weighted by molar-refractivity contribution is 5.19. The minimum Gasteiger partial charge on any atom is -0.371 e. The summed E-state index contributed by atoms with van der Waals surface area (Å²) in [6.45, 7) is 2.51. The highest BCUT2D eigenvalue weighted by Crippen LogP contribution is 2.21. The minimum atomic E-state index is -0.195. The zero-order valence-electron chi connectivity index (χ0n) is 8.24. The predicted molar refractivity (Wildman–Crippen MR) is 52.6 cm³/mol. The molecule has 0 aliphatic carbocycles. The maximum absolute atomic E-state index is 13.0. The van der Waals surface area contributed by atoms with E-state index in [1.165, 1.54) is 6.07 Å². The van der Waals surface area contributed by atoms with Gasteiger partial charge in [0.25, 0.3) is 0 Å². The fourth-order valence-electron chi connectivity index (χ4n) is 1.69. The molecule has 3 heteroatoms. The van der Waals surface area contributed by atoms with Crippen LogP contribution in [-0.2, 0) is 4.74 Å². The van der Waals surface area contributed by atoms with E-state index < -0.39 is 0 Å². The molecule has 1 fully saturated rings. The monoisotopic (exact) mass is 195 g/mol. The molecule has 0 amide bonds. The second kappa shape index (κ2) is 4.07. The van der Waals surface area contributed by atoms with Gasteiger partial charge in [0, 0.05) is 13.1 Å². The molecular formula is C11H14FNO. The predicted octanol–water partition coefficient (Wildman–Crippen LogP) is 1.83. The van der Waals surface area contributed by atoms with Crippen LogP contribution in [0.3, 0.4) is 0 Å². The van der Waals surface area contributed by atoms with Crippen LogP contribution in [0.25, 0.3) is 0 Å². The van der Waals surface area contributed by atoms with E-state index in [4.69, 9.17) is 4.74 Å². The van der Waals surface area contributed by atoms with Gasteiger partial charge >= 0.3 is 0 Å². The first kappa shape index (κ1) is 9.62. The summed E-state index contributed by atoms with van der Waals surface area (Å²) in [5, 5.41) is 0. The summed E-state index contributed by atoms with van der Waals surface area (Å²) in [5.41, 5.74) is 0.927. The van der Waals surface area contributed by atoms with Gasteiger partial charge in [0.2, 0.25) is 0 Å². The van der Waals surface area contributed by atoms with E-state index in [-0.39, 0.29) is 11.9 Å². The molecule has 1 aliphatic heterocycles. The van der Waals surface area contributed by atoms with E-state index in [0.29, 0.717) is 0 Å². The number of rotatable bonds is 1. The Morgan fingerprint density at radius 2 is 2.36 bits per heavy atom. The van der Waals surface area contributed by atoms with Crippen LogP contribution in [0.5, 0.6) is 0 Å². The molecule has 1 aliphatic rings. The van der Waals surface area contributed by atoms with Crippen molar-refractivity contribution < 1.29 is 9.13 Å². The van der Waals surface area contributed by atoms with Gasteiger partial charge < -0.3 is 9.64 Å². The highest BCUT2D eigenvalue weighted by atomic mass is 19.1. The van der Waals surface area contributed by atoms with Gasteiger partial charge in [-0.05, 0) is 24.7 Å². The summed E-state index contributed by atoms with van der Waals surface area (Å²) in [7, 11) is 2.05. The molecule has 0 radical (unpaired) electrons. The molecule has 2 rings (SSSR count). The molecule has 1 aromatic rings. The lowest BCUT2D eigenvalue weighted by Gasteiger charge is -2.30. The first-order valence-electron chi connectivity index (χ1n) is 4.81. The van der Waals surface area contributed by atoms with Crippen molar-refractivity contribution in [2.24, 2.45) is 0 Å². The van der Waals surface area contributed by atoms with Gasteiger partial charge in [0.05, 0.1) is 12.7 Å². The Morgan fingerprint density at radius 1 is 1.50 bits per heavy atom. The standard InChI is InChI=1S/C11H14FNO/c1-13-5-6-14-11(8-13)9-3-2-4-10(12)7-9/h2-4,7,11H,5-6,8H2,1H3/t11-/m1/s1. The fraction of sp³-hybridized carbons (Fsp3) is 0.455. The van der Waals surface area contributed by atoms with E-state index in [0.717, 1.165) is 25.3 Å². The molecule has 76 valence electrons. The largest absolute Gasteiger partial charge is 0.371 e. The number of morpholine rings is 1. The van der Waals surface area contributed by atoms with Gasteiger partial charge in [-0.25, -0.2) is 4.39 Å². The first-order valence-corrected chi connectivity index (χ1v) is 4.81. The molecule has 1 atom stereocenters. The molecular weight excluding hydrogens is 181 g/mol. The molecule has 0 spiro atoms. The lowest BCUT2D eigenvalue weighted by molar-refractivity contribution is -0.0210. The average molecular weight is 195 g/mol. The van der Waals surface area contributed by atoms with Crippen molar-refractivity contribution in [3.8, 4) is 0 Å². The van der Waals surface area contributed by atoms with Crippen molar-refractivity contribution in [2.75, 3.05) is 26.7 Å². The van der Waals surface area contributed by atoms with E-state index in [9.17, 15) is 4.39 Å². The summed E-state index contributed by atoms with van der Waals surface area (Å²) in [4.78, 5) is 2.19. The Bertz CT molecular complexity index is 316. The molecule has 1 aromatic carbocycles. The van der Waals surface area contributed by atoms with E-state index in [1.807, 2.05) is 6.07 Å². The quantitative estimate of drug-likeness (QED) is 0.677. The molecule has 0 saturated carbocycles. The Hall–Kier alpha value is -0.930. The van der Waals surface area contributed by atoms with Gasteiger partial charge in [-0.1, -0.05) is 12.1 Å². The molecule has 14 heavy (non-hydrogen) atoms. The summed E-state index contributed by atoms with van der Waals surface area (Å²) in [5.74, 6) is -0.195. The Labute approximate surface area is 83.3 Å². The Balaban J connectivity index is 2.14. The van der Waals surface area contributed by atoms with Crippen LogP contribution in [0.2, 0.25) is 0 Å². The van der Waals surface area contributed by atoms with Gasteiger partial charge in [0.1, 0.15) is 5.82 Å². The van der Waals surface area contributed by atoms with Crippen molar-refractivity contribution in [1.82, 2.24) is 4.90 Å². The van der Waals surface area contributed by atoms with E-state index in [1.54, 1.807) is 12.1 Å². The fourth-order valence-corrected chi connectivity index (χ4v) is 1.69. The summed E-state index contributed by atoms with van der Waals surface area (Å²) in [6.07, 6.45) is 0.0180. The maximum Gasteiger partial charge on any atom is 0.123 e. The number of ether oxygens (including phenoxy) is 1. The second-order valence-corrected chi connectivity index (χ2v) is 3.68. The molecule has 2 nitrogen and oxygen atoms in total. The van der Waals surface area contributed by atoms with Crippen molar-refractivity contribution in [2.45, 2.75) is 6.10 Å². The molecule has 1 saturated heterocycles. The number of likely N-dealkylation sites (N-methyl/N-ethyl adjacent to an activating group) is 1. The molecule has 0 bridgehead atoms. The zero-order chi connectivity index (χ0) is 9.97. The summed E-state index contributed by atoms with van der Waals surface area (Å²) < 4.78 is 18.5. The van der Waals surface area contributed by atoms with Crippen LogP contribution in [0.15, 0.2) is 24.3 Å². The smallest absolute Gasteiger partial charge is 0.123 e. The topological polar surface area (TPSA) is 12.5 Å². The number of hydrogen-bond acceptors (Lipinski definition) is 2. The third kappa shape index (κ3) is 2.11. The Kier molecular flexibility index (Phi) is 2.79. The molecule has 0 aromatic heterocycles. The number of halogens is 1. The van der Waals surface area contributed by atoms with Crippen LogP contribution in [-0.4, -0.2) is 31.6 Å². The zero-order valence-corrected chi connectivity index (χ0v) is 8.24. The summed E-state index contributed by atoms with van der Waals surface area (Å²) in [6, 6.07) is 6.63. The van der Waals surface area contributed by atoms with Crippen molar-refractivity contribution in [1.29, 1.82) is 0 Å². The van der Waals surface area contributed by atoms with E-state index in [2.05, 4.69) is 11.9 Å². The third-order valence-corrected chi connectivity index (χ3v) is 2.49. The SMILES string of the molecule is CN1CCO[C@@H](c2cccc(F)c2)C1. The summed E-state index contributed by atoms with van der Waals surface area (Å²) >= 11 is 0. The van der Waals surface area contributed by atoms with Gasteiger partial charge in [0.15, 0.2) is 0 Å². The van der Waals surface area contributed by atoms with Crippen LogP contribution in [0.4, 0.5) is 4.39 Å². The van der Waals surface area contributed by atoms with Gasteiger partial charge in [-0.3, -0.25) is 0 Å². The lowest BCUT2D eigenvalue weighted by Crippen LogP contribution is -2.35. The number of nitrogens with zero attached hydrogens (tertiary/aromatic N) is 1. The second-order valence-electron chi connectivity index (χ2n) is 3.68. The van der Waals surface area contributed by atoms with E-state index >= 15 is 0 Å². The lowest BCUT2D eigenvalue weighted by atomic mass is 10.1. The van der Waals surface area contributed by atoms with Crippen LogP contribution in [0.1, 0.15) is 11.7 Å². The minimum absolute atomic E-state index is 0.0180. The highest BCUT2D eigenvalue weighted by Gasteiger charge is 2.19. The molecule has 0 unspecified atom stereocenters. The third-order valence-electron chi connectivity index (χ3n) is 2.49. The van der Waals surface area contributed by atoms with Crippen LogP contribution < -0.4 is 0 Å². The average Bonchev–Trinajstić information content (AvgIpc) is 2.18. The normalized spacial score (nSPS) is 23.7. The molecule has 1 heterocycles. The van der Waals surface area contributed by atoms with Crippen molar-refractivity contribution in [3.05, 3.63) is 35.6 Å². The van der Waals surface area contributed by atoms with Gasteiger partial charge in [-0.15, -0.1) is 0 Å². The first-order chi connectivity index (χ1) is 6.75. The van der Waals surface area contributed by atoms with Crippen LogP contribution in [0, 0.1) is 5.82 Å². The number of hydrogen-bond donors (Lipinski definition) is 0. The molecule has 0 N–H and O–H groups in total. The van der Waals surface area contributed by atoms with Crippen molar-refractivity contribution in [3.63, 3.8) is 0 Å². The number of benzene rings is 1. The van der Waals surface area contributed by atoms with Crippen molar-refractivity contribution >= 4 is 0 Å². The maximum atomic E-state index is 13.0. The van der Waals surface area contributed by atoms with Gasteiger partial charge in [-0.2, -0.15) is 0 Å². The Morgan fingerprint density at radius 3 is 3.07 bits per heavy atom. The van der Waals surface area contributed by atoms with Crippen LogP contribution >= 0.6 is 0 Å².